The van der Waals surface area contributed by atoms with Gasteiger partial charge in [-0.3, -0.25) is 9.69 Å². The SMILES string of the molecule is O=C(c1ncoc1-c1ccccc1Cl)N1CCC(N2CCNCC2)C1. The molecule has 1 unspecified atom stereocenters. The van der Waals surface area contributed by atoms with Gasteiger partial charge < -0.3 is 14.6 Å². The number of carbonyl (C=O) groups is 1. The summed E-state index contributed by atoms with van der Waals surface area (Å²) in [7, 11) is 0. The Morgan fingerprint density at radius 3 is 2.84 bits per heavy atom. The molecule has 2 aromatic rings. The van der Waals surface area contributed by atoms with Gasteiger partial charge in [0.1, 0.15) is 0 Å². The smallest absolute Gasteiger partial charge is 0.276 e. The first-order valence-corrected chi connectivity index (χ1v) is 9.04. The third kappa shape index (κ3) is 3.29. The molecule has 0 saturated carbocycles. The summed E-state index contributed by atoms with van der Waals surface area (Å²) in [6.07, 6.45) is 2.32. The van der Waals surface area contributed by atoms with Crippen LogP contribution in [0.5, 0.6) is 0 Å². The van der Waals surface area contributed by atoms with Crippen molar-refractivity contribution in [1.82, 2.24) is 20.1 Å². The monoisotopic (exact) mass is 360 g/mol. The van der Waals surface area contributed by atoms with Crippen LogP contribution in [0.25, 0.3) is 11.3 Å². The van der Waals surface area contributed by atoms with Gasteiger partial charge in [-0.15, -0.1) is 0 Å². The number of hydrogen-bond donors (Lipinski definition) is 1. The van der Waals surface area contributed by atoms with Crippen molar-refractivity contribution >= 4 is 17.5 Å². The van der Waals surface area contributed by atoms with Gasteiger partial charge in [0.15, 0.2) is 17.8 Å². The summed E-state index contributed by atoms with van der Waals surface area (Å²) in [5, 5.41) is 3.92. The number of rotatable bonds is 3. The van der Waals surface area contributed by atoms with Crippen LogP contribution in [-0.2, 0) is 0 Å². The predicted octanol–water partition coefficient (Wildman–Crippen LogP) is 2.11. The first-order valence-electron chi connectivity index (χ1n) is 8.66. The molecule has 2 saturated heterocycles. The molecule has 2 aliphatic heterocycles. The molecule has 6 nitrogen and oxygen atoms in total. The fourth-order valence-electron chi connectivity index (χ4n) is 3.66. The summed E-state index contributed by atoms with van der Waals surface area (Å²) >= 11 is 6.25. The summed E-state index contributed by atoms with van der Waals surface area (Å²) < 4.78 is 5.49. The zero-order chi connectivity index (χ0) is 17.2. The lowest BCUT2D eigenvalue weighted by atomic mass is 10.1. The largest absolute Gasteiger partial charge is 0.443 e. The number of piperazine rings is 1. The molecule has 1 aromatic carbocycles. The van der Waals surface area contributed by atoms with Crippen molar-refractivity contribution in [1.29, 1.82) is 0 Å². The number of likely N-dealkylation sites (tertiary alicyclic amines) is 1. The van der Waals surface area contributed by atoms with E-state index in [0.29, 0.717) is 28.1 Å². The van der Waals surface area contributed by atoms with E-state index in [-0.39, 0.29) is 5.91 Å². The molecule has 7 heteroatoms. The molecule has 0 aliphatic carbocycles. The van der Waals surface area contributed by atoms with E-state index >= 15 is 0 Å². The molecule has 1 atom stereocenters. The molecule has 132 valence electrons. The number of benzene rings is 1. The number of amides is 1. The van der Waals surface area contributed by atoms with Gasteiger partial charge in [0, 0.05) is 50.9 Å². The summed E-state index contributed by atoms with van der Waals surface area (Å²) in [6.45, 7) is 5.62. The Bertz CT molecular complexity index is 757. The maximum atomic E-state index is 13.0. The van der Waals surface area contributed by atoms with Crippen LogP contribution in [0.4, 0.5) is 0 Å². The van der Waals surface area contributed by atoms with Crippen LogP contribution in [0.3, 0.4) is 0 Å². The third-order valence-corrected chi connectivity index (χ3v) is 5.34. The van der Waals surface area contributed by atoms with E-state index in [0.717, 1.165) is 45.7 Å². The van der Waals surface area contributed by atoms with E-state index < -0.39 is 0 Å². The first kappa shape index (κ1) is 16.6. The van der Waals surface area contributed by atoms with Crippen molar-refractivity contribution in [3.05, 3.63) is 41.4 Å². The number of aromatic nitrogens is 1. The van der Waals surface area contributed by atoms with Crippen LogP contribution < -0.4 is 5.32 Å². The Morgan fingerprint density at radius 1 is 1.24 bits per heavy atom. The number of oxazole rings is 1. The molecular formula is C18H21ClN4O2. The molecule has 0 spiro atoms. The van der Waals surface area contributed by atoms with E-state index in [2.05, 4.69) is 15.2 Å². The molecule has 0 radical (unpaired) electrons. The van der Waals surface area contributed by atoms with Gasteiger partial charge in [0.25, 0.3) is 5.91 Å². The van der Waals surface area contributed by atoms with Crippen LogP contribution in [0.2, 0.25) is 5.02 Å². The zero-order valence-electron chi connectivity index (χ0n) is 13.9. The van der Waals surface area contributed by atoms with E-state index in [1.54, 1.807) is 6.07 Å². The fourth-order valence-corrected chi connectivity index (χ4v) is 3.88. The molecule has 3 heterocycles. The highest BCUT2D eigenvalue weighted by atomic mass is 35.5. The first-order chi connectivity index (χ1) is 12.2. The van der Waals surface area contributed by atoms with Gasteiger partial charge >= 0.3 is 0 Å². The summed E-state index contributed by atoms with van der Waals surface area (Å²) in [5.41, 5.74) is 1.04. The second-order valence-electron chi connectivity index (χ2n) is 6.49. The quantitative estimate of drug-likeness (QED) is 0.908. The average Bonchev–Trinajstić information content (AvgIpc) is 3.32. The highest BCUT2D eigenvalue weighted by molar-refractivity contribution is 6.33. The Hall–Kier alpha value is -1.89. The Kier molecular flexibility index (Phi) is 4.74. The van der Waals surface area contributed by atoms with Crippen LogP contribution in [0.1, 0.15) is 16.9 Å². The van der Waals surface area contributed by atoms with Crippen molar-refractivity contribution in [2.75, 3.05) is 39.3 Å². The standard InChI is InChI=1S/C18H21ClN4O2/c19-15-4-2-1-3-14(15)17-16(21-12-25-17)18(24)23-8-5-13(11-23)22-9-6-20-7-10-22/h1-4,12-13,20H,5-11H2. The highest BCUT2D eigenvalue weighted by Crippen LogP contribution is 2.31. The molecule has 1 amide bonds. The molecule has 2 aliphatic rings. The van der Waals surface area contributed by atoms with E-state index in [9.17, 15) is 4.79 Å². The van der Waals surface area contributed by atoms with Gasteiger partial charge in [-0.05, 0) is 18.6 Å². The highest BCUT2D eigenvalue weighted by Gasteiger charge is 2.33. The van der Waals surface area contributed by atoms with Crippen molar-refractivity contribution < 1.29 is 9.21 Å². The topological polar surface area (TPSA) is 61.6 Å². The average molecular weight is 361 g/mol. The number of halogens is 1. The van der Waals surface area contributed by atoms with Gasteiger partial charge in [0.2, 0.25) is 0 Å². The minimum absolute atomic E-state index is 0.0821. The number of hydrogen-bond acceptors (Lipinski definition) is 5. The lowest BCUT2D eigenvalue weighted by Gasteiger charge is -2.32. The van der Waals surface area contributed by atoms with Gasteiger partial charge in [0.05, 0.1) is 5.02 Å². The maximum Gasteiger partial charge on any atom is 0.276 e. The van der Waals surface area contributed by atoms with Crippen LogP contribution >= 0.6 is 11.6 Å². The van der Waals surface area contributed by atoms with Crippen LogP contribution in [-0.4, -0.2) is 66.0 Å². The summed E-state index contributed by atoms with van der Waals surface area (Å²) in [5.74, 6) is 0.363. The van der Waals surface area contributed by atoms with Crippen LogP contribution in [0.15, 0.2) is 35.1 Å². The van der Waals surface area contributed by atoms with E-state index in [1.807, 2.05) is 23.1 Å². The third-order valence-electron chi connectivity index (χ3n) is 5.01. The summed E-state index contributed by atoms with van der Waals surface area (Å²) in [4.78, 5) is 21.5. The summed E-state index contributed by atoms with van der Waals surface area (Å²) in [6, 6.07) is 7.77. The van der Waals surface area contributed by atoms with Crippen molar-refractivity contribution in [3.63, 3.8) is 0 Å². The zero-order valence-corrected chi connectivity index (χ0v) is 14.7. The normalized spacial score (nSPS) is 21.6. The lowest BCUT2D eigenvalue weighted by Crippen LogP contribution is -2.49. The molecule has 2 fully saturated rings. The molecule has 1 N–H and O–H groups in total. The van der Waals surface area contributed by atoms with E-state index in [1.165, 1.54) is 6.39 Å². The van der Waals surface area contributed by atoms with Gasteiger partial charge in [-0.2, -0.15) is 0 Å². The number of nitrogens with zero attached hydrogens (tertiary/aromatic N) is 3. The number of carbonyl (C=O) groups excluding carboxylic acids is 1. The molecule has 25 heavy (non-hydrogen) atoms. The minimum Gasteiger partial charge on any atom is -0.443 e. The van der Waals surface area contributed by atoms with Gasteiger partial charge in [-0.25, -0.2) is 4.98 Å². The molecule has 4 rings (SSSR count). The fraction of sp³-hybridized carbons (Fsp3) is 0.444. The minimum atomic E-state index is -0.0821. The second-order valence-corrected chi connectivity index (χ2v) is 6.90. The van der Waals surface area contributed by atoms with Crippen LogP contribution in [0, 0.1) is 0 Å². The number of nitrogens with one attached hydrogen (secondary N) is 1. The Balaban J connectivity index is 1.51. The van der Waals surface area contributed by atoms with Crippen molar-refractivity contribution in [2.24, 2.45) is 0 Å². The lowest BCUT2D eigenvalue weighted by molar-refractivity contribution is 0.0768. The van der Waals surface area contributed by atoms with E-state index in [4.69, 9.17) is 16.0 Å². The van der Waals surface area contributed by atoms with Crippen molar-refractivity contribution in [3.8, 4) is 11.3 Å². The maximum absolute atomic E-state index is 13.0. The Labute approximate surface area is 151 Å². The Morgan fingerprint density at radius 2 is 2.04 bits per heavy atom. The predicted molar refractivity (Wildman–Crippen MR) is 95.7 cm³/mol. The molecule has 1 aromatic heterocycles. The second kappa shape index (κ2) is 7.15. The van der Waals surface area contributed by atoms with Gasteiger partial charge in [-0.1, -0.05) is 23.7 Å². The van der Waals surface area contributed by atoms with Crippen molar-refractivity contribution in [2.45, 2.75) is 12.5 Å². The molecular weight excluding hydrogens is 340 g/mol. The molecule has 0 bridgehead atoms.